The Morgan fingerprint density at radius 3 is 2.04 bits per heavy atom. The molecule has 0 aliphatic carbocycles. The molecule has 0 saturated heterocycles. The van der Waals surface area contributed by atoms with Gasteiger partial charge in [-0.05, 0) is 53.3 Å². The average Bonchev–Trinajstić information content (AvgIpc) is 2.59. The molecule has 0 aromatic heterocycles. The summed E-state index contributed by atoms with van der Waals surface area (Å²) in [4.78, 5) is 24.5. The molecule has 0 atom stereocenters. The zero-order valence-corrected chi connectivity index (χ0v) is 15.6. The Bertz CT molecular complexity index is 777. The molecule has 0 radical (unpaired) electrons. The van der Waals surface area contributed by atoms with Crippen LogP contribution in [0.25, 0.3) is 0 Å². The Hall–Kier alpha value is -2.29. The smallest absolute Gasteiger partial charge is 0.270 e. The lowest BCUT2D eigenvalue weighted by Crippen LogP contribution is -2.42. The number of benzene rings is 2. The van der Waals surface area contributed by atoms with Crippen molar-refractivity contribution in [1.29, 1.82) is 0 Å². The minimum Gasteiger partial charge on any atom is -0.493 e. The van der Waals surface area contributed by atoms with E-state index < -0.39 is 5.91 Å². The summed E-state index contributed by atoms with van der Waals surface area (Å²) in [5.74, 6) is 0.148. The van der Waals surface area contributed by atoms with Crippen molar-refractivity contribution in [2.75, 3.05) is 14.2 Å². The third-order valence-corrected chi connectivity index (χ3v) is 4.29. The zero-order valence-electron chi connectivity index (χ0n) is 13.5. The number of methoxy groups -OCH3 is 2. The van der Waals surface area contributed by atoms with Crippen LogP contribution >= 0.6 is 22.6 Å². The summed E-state index contributed by atoms with van der Waals surface area (Å²) in [6.45, 7) is 1.83. The van der Waals surface area contributed by atoms with Crippen molar-refractivity contribution in [1.82, 2.24) is 10.9 Å². The van der Waals surface area contributed by atoms with Gasteiger partial charge in [-0.25, -0.2) is 0 Å². The van der Waals surface area contributed by atoms with E-state index in [1.165, 1.54) is 14.2 Å². The van der Waals surface area contributed by atoms with Gasteiger partial charge >= 0.3 is 0 Å². The highest BCUT2D eigenvalue weighted by molar-refractivity contribution is 14.1. The van der Waals surface area contributed by atoms with Gasteiger partial charge in [0.05, 0.1) is 19.8 Å². The summed E-state index contributed by atoms with van der Waals surface area (Å²) < 4.78 is 11.1. The number of rotatable bonds is 4. The second kappa shape index (κ2) is 8.00. The van der Waals surface area contributed by atoms with Crippen LogP contribution in [0, 0.1) is 10.5 Å². The van der Waals surface area contributed by atoms with Crippen molar-refractivity contribution >= 4 is 34.4 Å². The molecule has 6 nitrogen and oxygen atoms in total. The van der Waals surface area contributed by atoms with Crippen LogP contribution < -0.4 is 20.3 Å². The number of hydrogen-bond acceptors (Lipinski definition) is 4. The molecule has 0 aliphatic rings. The molecule has 126 valence electrons. The van der Waals surface area contributed by atoms with E-state index in [9.17, 15) is 9.59 Å². The fourth-order valence-electron chi connectivity index (χ4n) is 2.10. The van der Waals surface area contributed by atoms with Gasteiger partial charge in [0.1, 0.15) is 0 Å². The molecule has 24 heavy (non-hydrogen) atoms. The van der Waals surface area contributed by atoms with E-state index in [0.717, 1.165) is 5.56 Å². The third-order valence-electron chi connectivity index (χ3n) is 3.40. The molecular weight excluding hydrogens is 423 g/mol. The largest absolute Gasteiger partial charge is 0.493 e. The molecule has 0 fully saturated rings. The molecular formula is C17H17IN2O4. The van der Waals surface area contributed by atoms with E-state index in [1.807, 2.05) is 41.6 Å². The van der Waals surface area contributed by atoms with E-state index in [2.05, 4.69) is 10.9 Å². The normalized spacial score (nSPS) is 10.0. The van der Waals surface area contributed by atoms with E-state index >= 15 is 0 Å². The van der Waals surface area contributed by atoms with E-state index in [-0.39, 0.29) is 5.91 Å². The maximum absolute atomic E-state index is 12.3. The fraction of sp³-hybridized carbons (Fsp3) is 0.176. The molecule has 2 aromatic rings. The number of amides is 2. The monoisotopic (exact) mass is 440 g/mol. The number of halogens is 1. The SMILES string of the molecule is COc1cc(I)c(C(=O)NNC(=O)c2ccccc2C)cc1OC. The van der Waals surface area contributed by atoms with Gasteiger partial charge in [-0.1, -0.05) is 18.2 Å². The van der Waals surface area contributed by atoms with Crippen molar-refractivity contribution in [3.63, 3.8) is 0 Å². The number of carbonyl (C=O) groups excluding carboxylic acids is 2. The van der Waals surface area contributed by atoms with E-state index in [1.54, 1.807) is 24.3 Å². The lowest BCUT2D eigenvalue weighted by molar-refractivity contribution is 0.0845. The Balaban J connectivity index is 2.13. The van der Waals surface area contributed by atoms with Gasteiger partial charge in [0, 0.05) is 9.13 Å². The van der Waals surface area contributed by atoms with Gasteiger partial charge in [-0.15, -0.1) is 0 Å². The standard InChI is InChI=1S/C17H17IN2O4/c1-10-6-4-5-7-11(10)16(21)19-20-17(22)12-8-14(23-2)15(24-3)9-13(12)18/h4-9H,1-3H3,(H,19,21)(H,20,22). The zero-order chi connectivity index (χ0) is 17.7. The number of hydrogen-bond donors (Lipinski definition) is 2. The van der Waals surface area contributed by atoms with Crippen LogP contribution in [0.1, 0.15) is 26.3 Å². The molecule has 2 aromatic carbocycles. The van der Waals surface area contributed by atoms with Gasteiger partial charge in [-0.3, -0.25) is 20.4 Å². The summed E-state index contributed by atoms with van der Waals surface area (Å²) in [5.41, 5.74) is 6.53. The molecule has 2 rings (SSSR count). The van der Waals surface area contributed by atoms with Crippen molar-refractivity contribution in [3.05, 3.63) is 56.7 Å². The van der Waals surface area contributed by atoms with Crippen LogP contribution in [0.4, 0.5) is 0 Å². The van der Waals surface area contributed by atoms with Crippen LogP contribution in [0.2, 0.25) is 0 Å². The first-order valence-corrected chi connectivity index (χ1v) is 8.13. The van der Waals surface area contributed by atoms with Crippen molar-refractivity contribution in [2.45, 2.75) is 6.92 Å². The molecule has 0 unspecified atom stereocenters. The van der Waals surface area contributed by atoms with Crippen LogP contribution in [0.15, 0.2) is 36.4 Å². The van der Waals surface area contributed by atoms with E-state index in [4.69, 9.17) is 9.47 Å². The van der Waals surface area contributed by atoms with Crippen molar-refractivity contribution < 1.29 is 19.1 Å². The minimum atomic E-state index is -0.442. The van der Waals surface area contributed by atoms with Gasteiger partial charge in [-0.2, -0.15) is 0 Å². The van der Waals surface area contributed by atoms with Crippen LogP contribution in [-0.4, -0.2) is 26.0 Å². The second-order valence-corrected chi connectivity index (χ2v) is 6.07. The first-order valence-electron chi connectivity index (χ1n) is 7.05. The molecule has 0 bridgehead atoms. The number of carbonyl (C=O) groups is 2. The van der Waals surface area contributed by atoms with E-state index in [0.29, 0.717) is 26.2 Å². The summed E-state index contributed by atoms with van der Waals surface area (Å²) in [5, 5.41) is 0. The molecule has 7 heteroatoms. The highest BCUT2D eigenvalue weighted by atomic mass is 127. The number of ether oxygens (including phenoxy) is 2. The Morgan fingerprint density at radius 2 is 1.46 bits per heavy atom. The number of hydrazine groups is 1. The first-order chi connectivity index (χ1) is 11.5. The van der Waals surface area contributed by atoms with Crippen LogP contribution in [0.3, 0.4) is 0 Å². The molecule has 0 heterocycles. The highest BCUT2D eigenvalue weighted by Crippen LogP contribution is 2.31. The number of nitrogens with one attached hydrogen (secondary N) is 2. The fourth-order valence-corrected chi connectivity index (χ4v) is 2.79. The predicted octanol–water partition coefficient (Wildman–Crippen LogP) is 2.69. The summed E-state index contributed by atoms with van der Waals surface area (Å²) in [6, 6.07) is 10.4. The lowest BCUT2D eigenvalue weighted by Gasteiger charge is -2.13. The number of aryl methyl sites for hydroxylation is 1. The topological polar surface area (TPSA) is 76.7 Å². The molecule has 2 amide bonds. The molecule has 2 N–H and O–H groups in total. The third kappa shape index (κ3) is 3.97. The molecule has 0 spiro atoms. The maximum atomic E-state index is 12.3. The summed E-state index contributed by atoms with van der Waals surface area (Å²) in [6.07, 6.45) is 0. The molecule has 0 saturated carbocycles. The van der Waals surface area contributed by atoms with Crippen LogP contribution in [0.5, 0.6) is 11.5 Å². The lowest BCUT2D eigenvalue weighted by atomic mass is 10.1. The predicted molar refractivity (Wildman–Crippen MR) is 98.4 cm³/mol. The molecule has 0 aliphatic heterocycles. The second-order valence-electron chi connectivity index (χ2n) is 4.91. The van der Waals surface area contributed by atoms with Gasteiger partial charge < -0.3 is 9.47 Å². The van der Waals surface area contributed by atoms with Gasteiger partial charge in [0.15, 0.2) is 11.5 Å². The minimum absolute atomic E-state index is 0.373. The highest BCUT2D eigenvalue weighted by Gasteiger charge is 2.16. The Kier molecular flexibility index (Phi) is 6.02. The van der Waals surface area contributed by atoms with Gasteiger partial charge in [0.25, 0.3) is 11.8 Å². The summed E-state index contributed by atoms with van der Waals surface area (Å²) in [7, 11) is 3.02. The Labute approximate surface area is 153 Å². The average molecular weight is 440 g/mol. The quantitative estimate of drug-likeness (QED) is 0.567. The Morgan fingerprint density at radius 1 is 0.917 bits per heavy atom. The maximum Gasteiger partial charge on any atom is 0.270 e. The van der Waals surface area contributed by atoms with Crippen molar-refractivity contribution in [2.24, 2.45) is 0 Å². The summed E-state index contributed by atoms with van der Waals surface area (Å²) >= 11 is 2.02. The van der Waals surface area contributed by atoms with Gasteiger partial charge in [0.2, 0.25) is 0 Å². The van der Waals surface area contributed by atoms with Crippen LogP contribution in [-0.2, 0) is 0 Å². The first kappa shape index (κ1) is 18.1. The van der Waals surface area contributed by atoms with Crippen molar-refractivity contribution in [3.8, 4) is 11.5 Å².